The summed E-state index contributed by atoms with van der Waals surface area (Å²) in [5.41, 5.74) is 0.847. The third kappa shape index (κ3) is 3.96. The number of carbonyl (C=O) groups excluding carboxylic acids is 2. The minimum absolute atomic E-state index is 0.0497. The molecular weight excluding hydrogens is 282 g/mol. The van der Waals surface area contributed by atoms with Gasteiger partial charge in [0.2, 0.25) is 0 Å². The number of rotatable bonds is 4. The largest absolute Gasteiger partial charge is 0.507 e. The Bertz CT molecular complexity index is 705. The van der Waals surface area contributed by atoms with Gasteiger partial charge in [0, 0.05) is 6.08 Å². The number of carbonyl (C=O) groups is 2. The number of benzene rings is 2. The first-order chi connectivity index (χ1) is 10.6. The molecule has 112 valence electrons. The Kier molecular flexibility index (Phi) is 4.93. The molecule has 5 nitrogen and oxygen atoms in total. The van der Waals surface area contributed by atoms with Gasteiger partial charge >= 0.3 is 0 Å². The number of imide groups is 1. The summed E-state index contributed by atoms with van der Waals surface area (Å²) < 4.78 is 5.04. The molecular formula is C17H15NO4. The zero-order chi connectivity index (χ0) is 15.9. The van der Waals surface area contributed by atoms with Crippen molar-refractivity contribution in [3.05, 3.63) is 65.7 Å². The van der Waals surface area contributed by atoms with E-state index in [0.717, 1.165) is 11.3 Å². The number of phenolic OH excluding ortho intramolecular Hbond substituents is 1. The van der Waals surface area contributed by atoms with Crippen LogP contribution < -0.4 is 10.1 Å². The van der Waals surface area contributed by atoms with Crippen LogP contribution in [0.5, 0.6) is 11.5 Å². The summed E-state index contributed by atoms with van der Waals surface area (Å²) in [6.07, 6.45) is 2.83. The molecule has 0 spiro atoms. The standard InChI is InChI=1S/C17H15NO4/c1-22-13-9-6-12(7-10-13)8-11-16(20)18-17(21)14-4-2-3-5-15(14)19/h2-11,19H,1H3,(H,18,20,21). The highest BCUT2D eigenvalue weighted by atomic mass is 16.5. The Morgan fingerprint density at radius 3 is 2.41 bits per heavy atom. The van der Waals surface area contributed by atoms with Crippen LogP contribution in [0.25, 0.3) is 6.08 Å². The van der Waals surface area contributed by atoms with Crippen molar-refractivity contribution in [1.29, 1.82) is 0 Å². The van der Waals surface area contributed by atoms with Gasteiger partial charge in [0.15, 0.2) is 0 Å². The predicted octanol–water partition coefficient (Wildman–Crippen LogP) is 2.37. The van der Waals surface area contributed by atoms with Crippen LogP contribution in [0.4, 0.5) is 0 Å². The molecule has 2 N–H and O–H groups in total. The van der Waals surface area contributed by atoms with Crippen molar-refractivity contribution < 1.29 is 19.4 Å². The summed E-state index contributed by atoms with van der Waals surface area (Å²) in [4.78, 5) is 23.5. The lowest BCUT2D eigenvalue weighted by molar-refractivity contribution is -0.115. The normalized spacial score (nSPS) is 10.4. The highest BCUT2D eigenvalue weighted by Gasteiger charge is 2.11. The van der Waals surface area contributed by atoms with Gasteiger partial charge in [-0.05, 0) is 35.9 Å². The average Bonchev–Trinajstić information content (AvgIpc) is 2.53. The molecule has 2 amide bonds. The summed E-state index contributed by atoms with van der Waals surface area (Å²) in [6.45, 7) is 0. The Morgan fingerprint density at radius 2 is 1.77 bits per heavy atom. The molecule has 0 saturated carbocycles. The Balaban J connectivity index is 1.98. The second-order valence-corrected chi connectivity index (χ2v) is 4.44. The van der Waals surface area contributed by atoms with Gasteiger partial charge < -0.3 is 9.84 Å². The van der Waals surface area contributed by atoms with E-state index in [1.54, 1.807) is 49.6 Å². The van der Waals surface area contributed by atoms with E-state index >= 15 is 0 Å². The van der Waals surface area contributed by atoms with E-state index in [1.165, 1.54) is 18.2 Å². The van der Waals surface area contributed by atoms with Crippen molar-refractivity contribution in [3.8, 4) is 11.5 Å². The van der Waals surface area contributed by atoms with E-state index in [0.29, 0.717) is 0 Å². The van der Waals surface area contributed by atoms with Crippen molar-refractivity contribution >= 4 is 17.9 Å². The molecule has 0 fully saturated rings. The summed E-state index contributed by atoms with van der Waals surface area (Å²) >= 11 is 0. The number of phenols is 1. The van der Waals surface area contributed by atoms with Crippen molar-refractivity contribution in [3.63, 3.8) is 0 Å². The zero-order valence-electron chi connectivity index (χ0n) is 11.9. The number of nitrogens with one attached hydrogen (secondary N) is 1. The van der Waals surface area contributed by atoms with E-state index in [1.807, 2.05) is 0 Å². The van der Waals surface area contributed by atoms with Crippen LogP contribution in [0.3, 0.4) is 0 Å². The van der Waals surface area contributed by atoms with Gasteiger partial charge in [-0.1, -0.05) is 24.3 Å². The molecule has 0 heterocycles. The lowest BCUT2D eigenvalue weighted by atomic mass is 10.2. The van der Waals surface area contributed by atoms with Crippen molar-refractivity contribution in [2.24, 2.45) is 0 Å². The minimum Gasteiger partial charge on any atom is -0.507 e. The van der Waals surface area contributed by atoms with Gasteiger partial charge in [0.05, 0.1) is 12.7 Å². The van der Waals surface area contributed by atoms with Crippen LogP contribution in [-0.2, 0) is 4.79 Å². The molecule has 0 aliphatic rings. The lowest BCUT2D eigenvalue weighted by Crippen LogP contribution is -2.28. The van der Waals surface area contributed by atoms with Crippen LogP contribution in [0, 0.1) is 0 Å². The van der Waals surface area contributed by atoms with Gasteiger partial charge in [-0.25, -0.2) is 0 Å². The predicted molar refractivity (Wildman–Crippen MR) is 82.6 cm³/mol. The maximum atomic E-state index is 11.8. The first-order valence-corrected chi connectivity index (χ1v) is 6.55. The highest BCUT2D eigenvalue weighted by molar-refractivity contribution is 6.10. The fourth-order valence-electron chi connectivity index (χ4n) is 1.77. The average molecular weight is 297 g/mol. The van der Waals surface area contributed by atoms with E-state index in [4.69, 9.17) is 4.74 Å². The number of aromatic hydroxyl groups is 1. The molecule has 5 heteroatoms. The molecule has 0 aliphatic carbocycles. The lowest BCUT2D eigenvalue weighted by Gasteiger charge is -2.03. The van der Waals surface area contributed by atoms with E-state index in [-0.39, 0.29) is 11.3 Å². The number of methoxy groups -OCH3 is 1. The number of para-hydroxylation sites is 1. The SMILES string of the molecule is COc1ccc(C=CC(=O)NC(=O)c2ccccc2O)cc1. The molecule has 22 heavy (non-hydrogen) atoms. The van der Waals surface area contributed by atoms with E-state index in [2.05, 4.69) is 5.32 Å². The van der Waals surface area contributed by atoms with Crippen LogP contribution in [0.15, 0.2) is 54.6 Å². The van der Waals surface area contributed by atoms with Gasteiger partial charge in [-0.2, -0.15) is 0 Å². The topological polar surface area (TPSA) is 75.6 Å². The fourth-order valence-corrected chi connectivity index (χ4v) is 1.77. The van der Waals surface area contributed by atoms with Gasteiger partial charge in [-0.15, -0.1) is 0 Å². The van der Waals surface area contributed by atoms with E-state index in [9.17, 15) is 14.7 Å². The molecule has 2 rings (SSSR count). The summed E-state index contributed by atoms with van der Waals surface area (Å²) in [6, 6.07) is 13.1. The highest BCUT2D eigenvalue weighted by Crippen LogP contribution is 2.15. The zero-order valence-corrected chi connectivity index (χ0v) is 11.9. The summed E-state index contributed by atoms with van der Waals surface area (Å²) in [7, 11) is 1.57. The number of hydrogen-bond acceptors (Lipinski definition) is 4. The molecule has 0 atom stereocenters. The van der Waals surface area contributed by atoms with E-state index < -0.39 is 11.8 Å². The van der Waals surface area contributed by atoms with Gasteiger partial charge in [-0.3, -0.25) is 14.9 Å². The maximum Gasteiger partial charge on any atom is 0.261 e. The fraction of sp³-hybridized carbons (Fsp3) is 0.0588. The van der Waals surface area contributed by atoms with Crippen molar-refractivity contribution in [2.45, 2.75) is 0 Å². The molecule has 0 aliphatic heterocycles. The second-order valence-electron chi connectivity index (χ2n) is 4.44. The smallest absolute Gasteiger partial charge is 0.261 e. The molecule has 0 radical (unpaired) electrons. The van der Waals surface area contributed by atoms with Gasteiger partial charge in [0.25, 0.3) is 11.8 Å². The molecule has 0 bridgehead atoms. The Labute approximate surface area is 127 Å². The van der Waals surface area contributed by atoms with Crippen LogP contribution in [0.2, 0.25) is 0 Å². The number of amides is 2. The molecule has 2 aromatic carbocycles. The molecule has 2 aromatic rings. The first-order valence-electron chi connectivity index (χ1n) is 6.55. The van der Waals surface area contributed by atoms with Crippen molar-refractivity contribution in [2.75, 3.05) is 7.11 Å². The van der Waals surface area contributed by atoms with Crippen molar-refractivity contribution in [1.82, 2.24) is 5.32 Å². The van der Waals surface area contributed by atoms with Crippen LogP contribution in [-0.4, -0.2) is 24.0 Å². The first kappa shape index (κ1) is 15.3. The van der Waals surface area contributed by atoms with Gasteiger partial charge in [0.1, 0.15) is 11.5 Å². The third-order valence-corrected chi connectivity index (χ3v) is 2.93. The minimum atomic E-state index is -0.650. The summed E-state index contributed by atoms with van der Waals surface area (Å²) in [5, 5.41) is 11.7. The number of ether oxygens (including phenoxy) is 1. The Hall–Kier alpha value is -3.08. The monoisotopic (exact) mass is 297 g/mol. The summed E-state index contributed by atoms with van der Waals surface area (Å²) in [5.74, 6) is -0.671. The second kappa shape index (κ2) is 7.08. The third-order valence-electron chi connectivity index (χ3n) is 2.93. The molecule has 0 saturated heterocycles. The quantitative estimate of drug-likeness (QED) is 0.850. The molecule has 0 aromatic heterocycles. The maximum absolute atomic E-state index is 11.8. The Morgan fingerprint density at radius 1 is 1.09 bits per heavy atom. The molecule has 0 unspecified atom stereocenters. The van der Waals surface area contributed by atoms with Crippen LogP contribution >= 0.6 is 0 Å². The van der Waals surface area contributed by atoms with Crippen LogP contribution in [0.1, 0.15) is 15.9 Å². The number of hydrogen-bond donors (Lipinski definition) is 2.